The minimum atomic E-state index is 0.569. The summed E-state index contributed by atoms with van der Waals surface area (Å²) in [5, 5.41) is 7.60. The van der Waals surface area contributed by atoms with Gasteiger partial charge in [0.15, 0.2) is 0 Å². The van der Waals surface area contributed by atoms with Crippen molar-refractivity contribution in [2.24, 2.45) is 10.3 Å². The van der Waals surface area contributed by atoms with Crippen LogP contribution in [-0.2, 0) is 9.68 Å². The Labute approximate surface area is 73.2 Å². The highest BCUT2D eigenvalue weighted by Gasteiger charge is 1.96. The molecule has 0 amide bonds. The summed E-state index contributed by atoms with van der Waals surface area (Å²) in [5.41, 5.74) is 1.48. The first-order valence-corrected chi connectivity index (χ1v) is 4.05. The second-order valence-corrected chi connectivity index (χ2v) is 2.19. The lowest BCUT2D eigenvalue weighted by molar-refractivity contribution is 0.155. The van der Waals surface area contributed by atoms with Crippen LogP contribution < -0.4 is 0 Å². The van der Waals surface area contributed by atoms with Crippen molar-refractivity contribution in [1.29, 1.82) is 0 Å². The van der Waals surface area contributed by atoms with Crippen LogP contribution in [0.4, 0.5) is 0 Å². The summed E-state index contributed by atoms with van der Waals surface area (Å²) in [6.07, 6.45) is 0. The van der Waals surface area contributed by atoms with E-state index in [0.29, 0.717) is 13.2 Å². The summed E-state index contributed by atoms with van der Waals surface area (Å²) in [5.74, 6) is 0. The highest BCUT2D eigenvalue weighted by atomic mass is 16.6. The van der Waals surface area contributed by atoms with Crippen LogP contribution >= 0.6 is 0 Å². The van der Waals surface area contributed by atoms with Crippen molar-refractivity contribution in [3.63, 3.8) is 0 Å². The van der Waals surface area contributed by atoms with Gasteiger partial charge in [0, 0.05) is 0 Å². The lowest BCUT2D eigenvalue weighted by Gasteiger charge is -1.99. The number of oxime groups is 2. The second-order valence-electron chi connectivity index (χ2n) is 2.19. The van der Waals surface area contributed by atoms with E-state index in [1.807, 2.05) is 27.7 Å². The Morgan fingerprint density at radius 3 is 1.50 bits per heavy atom. The molecule has 4 nitrogen and oxygen atoms in total. The summed E-state index contributed by atoms with van der Waals surface area (Å²) in [6.45, 7) is 8.55. The van der Waals surface area contributed by atoms with Crippen LogP contribution in [-0.4, -0.2) is 24.6 Å². The zero-order chi connectivity index (χ0) is 9.40. The lowest BCUT2D eigenvalue weighted by Crippen LogP contribution is -2.07. The third kappa shape index (κ3) is 4.71. The molecule has 0 aliphatic carbocycles. The largest absolute Gasteiger partial charge is 0.396 e. The average molecular weight is 172 g/mol. The molecule has 0 atom stereocenters. The molecule has 0 aromatic heterocycles. The zero-order valence-electron chi connectivity index (χ0n) is 8.13. The fourth-order valence-corrected chi connectivity index (χ4v) is 0.455. The molecule has 0 heterocycles. The van der Waals surface area contributed by atoms with Gasteiger partial charge in [-0.3, -0.25) is 0 Å². The maximum absolute atomic E-state index is 4.85. The van der Waals surface area contributed by atoms with E-state index in [1.54, 1.807) is 0 Å². The summed E-state index contributed by atoms with van der Waals surface area (Å²) in [7, 11) is 0. The van der Waals surface area contributed by atoms with E-state index in [1.165, 1.54) is 0 Å². The van der Waals surface area contributed by atoms with Gasteiger partial charge in [0.05, 0.1) is 0 Å². The zero-order valence-corrected chi connectivity index (χ0v) is 8.13. The molecule has 0 radical (unpaired) electrons. The number of hydrogen-bond donors (Lipinski definition) is 0. The molecule has 0 rings (SSSR count). The van der Waals surface area contributed by atoms with Gasteiger partial charge in [-0.05, 0) is 27.7 Å². The van der Waals surface area contributed by atoms with Gasteiger partial charge in [0.2, 0.25) is 0 Å². The first kappa shape index (κ1) is 10.9. The molecule has 0 aromatic carbocycles. The van der Waals surface area contributed by atoms with Gasteiger partial charge in [-0.15, -0.1) is 0 Å². The van der Waals surface area contributed by atoms with Crippen molar-refractivity contribution in [3.8, 4) is 0 Å². The third-order valence-corrected chi connectivity index (χ3v) is 1.18. The van der Waals surface area contributed by atoms with Crippen LogP contribution in [0.2, 0.25) is 0 Å². The van der Waals surface area contributed by atoms with Crippen LogP contribution in [0.1, 0.15) is 27.7 Å². The van der Waals surface area contributed by atoms with Crippen LogP contribution in [0.15, 0.2) is 10.3 Å². The highest BCUT2D eigenvalue weighted by Crippen LogP contribution is 1.87. The molecule has 0 aliphatic rings. The van der Waals surface area contributed by atoms with Gasteiger partial charge < -0.3 is 9.68 Å². The van der Waals surface area contributed by atoms with E-state index in [9.17, 15) is 0 Å². The molecule has 0 saturated heterocycles. The van der Waals surface area contributed by atoms with E-state index in [0.717, 1.165) is 11.4 Å². The Morgan fingerprint density at radius 1 is 0.917 bits per heavy atom. The van der Waals surface area contributed by atoms with Gasteiger partial charge in [-0.1, -0.05) is 10.3 Å². The van der Waals surface area contributed by atoms with Crippen LogP contribution in [0.5, 0.6) is 0 Å². The first-order chi connectivity index (χ1) is 5.72. The van der Waals surface area contributed by atoms with Crippen molar-refractivity contribution >= 4 is 11.4 Å². The highest BCUT2D eigenvalue weighted by molar-refractivity contribution is 6.40. The standard InChI is InChI=1S/C8H16N2O2/c1-5-11-9-7(3)8(4)10-12-6-2/h5-6H2,1-4H3. The Morgan fingerprint density at radius 2 is 1.25 bits per heavy atom. The van der Waals surface area contributed by atoms with Crippen molar-refractivity contribution in [2.45, 2.75) is 27.7 Å². The van der Waals surface area contributed by atoms with Gasteiger partial charge in [0.25, 0.3) is 0 Å². The summed E-state index contributed by atoms with van der Waals surface area (Å²) >= 11 is 0. The number of hydrogen-bond acceptors (Lipinski definition) is 4. The molecule has 0 saturated carbocycles. The Bertz CT molecular complexity index is 156. The van der Waals surface area contributed by atoms with Crippen LogP contribution in [0.3, 0.4) is 0 Å². The Balaban J connectivity index is 3.98. The van der Waals surface area contributed by atoms with Gasteiger partial charge >= 0.3 is 0 Å². The van der Waals surface area contributed by atoms with E-state index < -0.39 is 0 Å². The molecule has 0 N–H and O–H groups in total. The lowest BCUT2D eigenvalue weighted by atomic mass is 10.3. The van der Waals surface area contributed by atoms with Gasteiger partial charge in [0.1, 0.15) is 24.6 Å². The van der Waals surface area contributed by atoms with Crippen molar-refractivity contribution in [3.05, 3.63) is 0 Å². The quantitative estimate of drug-likeness (QED) is 0.469. The molecular formula is C8H16N2O2. The SMILES string of the molecule is CCON=C(C)C(C)=NOCC. The topological polar surface area (TPSA) is 43.2 Å². The fraction of sp³-hybridized carbons (Fsp3) is 0.750. The molecular weight excluding hydrogens is 156 g/mol. The third-order valence-electron chi connectivity index (χ3n) is 1.18. The smallest absolute Gasteiger partial charge is 0.114 e. The molecule has 0 aliphatic heterocycles. The Kier molecular flexibility index (Phi) is 6.05. The predicted octanol–water partition coefficient (Wildman–Crippen LogP) is 1.81. The van der Waals surface area contributed by atoms with Crippen molar-refractivity contribution in [1.82, 2.24) is 0 Å². The predicted molar refractivity (Wildman–Crippen MR) is 49.5 cm³/mol. The van der Waals surface area contributed by atoms with E-state index in [2.05, 4.69) is 10.3 Å². The fourth-order valence-electron chi connectivity index (χ4n) is 0.455. The van der Waals surface area contributed by atoms with Crippen LogP contribution in [0.25, 0.3) is 0 Å². The van der Waals surface area contributed by atoms with Crippen LogP contribution in [0, 0.1) is 0 Å². The number of nitrogens with zero attached hydrogens (tertiary/aromatic N) is 2. The molecule has 70 valence electrons. The maximum Gasteiger partial charge on any atom is 0.114 e. The minimum Gasteiger partial charge on any atom is -0.396 e. The minimum absolute atomic E-state index is 0.569. The maximum atomic E-state index is 4.85. The average Bonchev–Trinajstić information content (AvgIpc) is 2.10. The monoisotopic (exact) mass is 172 g/mol. The van der Waals surface area contributed by atoms with Crippen molar-refractivity contribution < 1.29 is 9.68 Å². The molecule has 0 unspecified atom stereocenters. The normalized spacial score (nSPS) is 13.0. The van der Waals surface area contributed by atoms with Gasteiger partial charge in [-0.25, -0.2) is 0 Å². The second kappa shape index (κ2) is 6.64. The van der Waals surface area contributed by atoms with Crippen molar-refractivity contribution in [2.75, 3.05) is 13.2 Å². The molecule has 0 fully saturated rings. The molecule has 0 bridgehead atoms. The summed E-state index contributed by atoms with van der Waals surface area (Å²) in [4.78, 5) is 9.70. The van der Waals surface area contributed by atoms with Gasteiger partial charge in [-0.2, -0.15) is 0 Å². The first-order valence-electron chi connectivity index (χ1n) is 4.05. The summed E-state index contributed by atoms with van der Waals surface area (Å²) < 4.78 is 0. The van der Waals surface area contributed by atoms with E-state index >= 15 is 0 Å². The van der Waals surface area contributed by atoms with E-state index in [4.69, 9.17) is 9.68 Å². The summed E-state index contributed by atoms with van der Waals surface area (Å²) in [6, 6.07) is 0. The molecule has 0 spiro atoms. The number of rotatable bonds is 5. The Hall–Kier alpha value is -1.06. The molecule has 0 aromatic rings. The molecule has 12 heavy (non-hydrogen) atoms. The molecule has 4 heteroatoms. The van der Waals surface area contributed by atoms with E-state index in [-0.39, 0.29) is 0 Å².